The van der Waals surface area contributed by atoms with Gasteiger partial charge >= 0.3 is 0 Å². The maximum atomic E-state index is 11.9. The number of carbonyl (C=O) groups excluding carboxylic acids is 1. The van der Waals surface area contributed by atoms with E-state index in [1.54, 1.807) is 0 Å². The van der Waals surface area contributed by atoms with Gasteiger partial charge in [-0.25, -0.2) is 0 Å². The fraction of sp³-hybridized carbons (Fsp3) is 0.929. The first-order valence-electron chi connectivity index (χ1n) is 7.66. The maximum absolute atomic E-state index is 11.9. The highest BCUT2D eigenvalue weighted by Crippen LogP contribution is 2.17. The van der Waals surface area contributed by atoms with Crippen molar-refractivity contribution >= 4 is 5.91 Å². The van der Waals surface area contributed by atoms with E-state index in [0.29, 0.717) is 12.5 Å². The first-order chi connectivity index (χ1) is 9.25. The number of hydrogen-bond donors (Lipinski definition) is 2. The van der Waals surface area contributed by atoms with Crippen LogP contribution in [-0.2, 0) is 4.79 Å². The monoisotopic (exact) mass is 268 g/mol. The van der Waals surface area contributed by atoms with Gasteiger partial charge in [0.1, 0.15) is 0 Å². The van der Waals surface area contributed by atoms with Gasteiger partial charge in [-0.1, -0.05) is 6.42 Å². The molecule has 0 aromatic carbocycles. The van der Waals surface area contributed by atoms with Gasteiger partial charge in [0.05, 0.1) is 0 Å². The summed E-state index contributed by atoms with van der Waals surface area (Å²) >= 11 is 0. The van der Waals surface area contributed by atoms with E-state index in [-0.39, 0.29) is 5.91 Å². The Kier molecular flexibility index (Phi) is 6.07. The van der Waals surface area contributed by atoms with Crippen LogP contribution in [0.4, 0.5) is 0 Å². The van der Waals surface area contributed by atoms with E-state index in [1.165, 1.54) is 19.3 Å². The molecule has 1 atom stereocenters. The predicted octanol–water partition coefficient (Wildman–Crippen LogP) is -0.118. The van der Waals surface area contributed by atoms with Gasteiger partial charge in [0.2, 0.25) is 5.91 Å². The van der Waals surface area contributed by atoms with E-state index in [9.17, 15) is 4.79 Å². The summed E-state index contributed by atoms with van der Waals surface area (Å²) in [5.74, 6) is 0.217. The molecule has 0 saturated carbocycles. The molecule has 0 radical (unpaired) electrons. The van der Waals surface area contributed by atoms with Crippen molar-refractivity contribution in [3.63, 3.8) is 0 Å². The Balaban J connectivity index is 1.58. The summed E-state index contributed by atoms with van der Waals surface area (Å²) in [6, 6.07) is 0.452. The minimum atomic E-state index is 0.217. The summed E-state index contributed by atoms with van der Waals surface area (Å²) in [5, 5.41) is 6.41. The van der Waals surface area contributed by atoms with Crippen molar-refractivity contribution in [3.8, 4) is 0 Å². The van der Waals surface area contributed by atoms with E-state index >= 15 is 0 Å². The van der Waals surface area contributed by atoms with E-state index in [2.05, 4.69) is 27.5 Å². The zero-order valence-corrected chi connectivity index (χ0v) is 12.2. The fourth-order valence-corrected chi connectivity index (χ4v) is 2.98. The smallest absolute Gasteiger partial charge is 0.221 e. The van der Waals surface area contributed by atoms with Gasteiger partial charge < -0.3 is 15.5 Å². The molecule has 2 fully saturated rings. The Morgan fingerprint density at radius 3 is 2.79 bits per heavy atom. The van der Waals surface area contributed by atoms with Gasteiger partial charge in [-0.05, 0) is 26.4 Å². The number of rotatable bonds is 5. The van der Waals surface area contributed by atoms with Gasteiger partial charge in [-0.3, -0.25) is 9.69 Å². The van der Waals surface area contributed by atoms with Crippen LogP contribution in [0.1, 0.15) is 25.7 Å². The zero-order chi connectivity index (χ0) is 13.5. The van der Waals surface area contributed by atoms with Crippen LogP contribution < -0.4 is 10.6 Å². The van der Waals surface area contributed by atoms with E-state index in [4.69, 9.17) is 0 Å². The van der Waals surface area contributed by atoms with Gasteiger partial charge in [-0.2, -0.15) is 0 Å². The van der Waals surface area contributed by atoms with Crippen LogP contribution in [0.2, 0.25) is 0 Å². The standard InChI is InChI=1S/C14H28N4O/c1-17-8-3-2-4-13(17)12-14(19)16-7-11-18-9-5-15-6-10-18/h13,15H,2-12H2,1H3,(H,16,19). The Morgan fingerprint density at radius 1 is 1.26 bits per heavy atom. The van der Waals surface area contributed by atoms with E-state index in [0.717, 1.165) is 45.8 Å². The quantitative estimate of drug-likeness (QED) is 0.730. The molecular formula is C14H28N4O. The summed E-state index contributed by atoms with van der Waals surface area (Å²) in [4.78, 5) is 16.7. The second kappa shape index (κ2) is 7.82. The molecule has 0 aromatic rings. The summed E-state index contributed by atoms with van der Waals surface area (Å²) in [7, 11) is 2.14. The number of nitrogens with one attached hydrogen (secondary N) is 2. The van der Waals surface area contributed by atoms with Crippen molar-refractivity contribution in [1.29, 1.82) is 0 Å². The van der Waals surface area contributed by atoms with E-state index < -0.39 is 0 Å². The Labute approximate surface area is 116 Å². The first-order valence-corrected chi connectivity index (χ1v) is 7.66. The number of piperidine rings is 1. The van der Waals surface area contributed by atoms with Crippen LogP contribution in [0, 0.1) is 0 Å². The molecule has 2 aliphatic rings. The molecule has 0 bridgehead atoms. The van der Waals surface area contributed by atoms with Crippen molar-refractivity contribution in [3.05, 3.63) is 0 Å². The first kappa shape index (κ1) is 14.8. The van der Waals surface area contributed by atoms with Crippen molar-refractivity contribution in [1.82, 2.24) is 20.4 Å². The third kappa shape index (κ3) is 5.09. The highest BCUT2D eigenvalue weighted by molar-refractivity contribution is 5.76. The topological polar surface area (TPSA) is 47.6 Å². The molecule has 19 heavy (non-hydrogen) atoms. The molecule has 110 valence electrons. The highest BCUT2D eigenvalue weighted by Gasteiger charge is 2.21. The average Bonchev–Trinajstić information content (AvgIpc) is 2.43. The normalized spacial score (nSPS) is 26.3. The molecule has 2 saturated heterocycles. The SMILES string of the molecule is CN1CCCCC1CC(=O)NCCN1CCNCC1. The molecule has 5 heteroatoms. The van der Waals surface area contributed by atoms with Crippen molar-refractivity contribution in [2.75, 3.05) is 52.9 Å². The molecule has 0 aromatic heterocycles. The summed E-state index contributed by atoms with van der Waals surface area (Å²) in [6.45, 7) is 7.24. The molecule has 2 heterocycles. The molecular weight excluding hydrogens is 240 g/mol. The lowest BCUT2D eigenvalue weighted by Gasteiger charge is -2.32. The van der Waals surface area contributed by atoms with Gasteiger partial charge in [0.15, 0.2) is 0 Å². The van der Waals surface area contributed by atoms with E-state index in [1.807, 2.05) is 0 Å². The van der Waals surface area contributed by atoms with Crippen LogP contribution in [0.3, 0.4) is 0 Å². The average molecular weight is 268 g/mol. The van der Waals surface area contributed by atoms with Gasteiger partial charge in [0, 0.05) is 51.7 Å². The summed E-state index contributed by atoms with van der Waals surface area (Å²) < 4.78 is 0. The van der Waals surface area contributed by atoms with Crippen molar-refractivity contribution < 1.29 is 4.79 Å². The second-order valence-corrected chi connectivity index (χ2v) is 5.78. The second-order valence-electron chi connectivity index (χ2n) is 5.78. The third-order valence-electron chi connectivity index (χ3n) is 4.30. The van der Waals surface area contributed by atoms with Gasteiger partial charge in [-0.15, -0.1) is 0 Å². The maximum Gasteiger partial charge on any atom is 0.221 e. The number of carbonyl (C=O) groups is 1. The molecule has 1 unspecified atom stereocenters. The fourth-order valence-electron chi connectivity index (χ4n) is 2.98. The lowest BCUT2D eigenvalue weighted by Crippen LogP contribution is -2.46. The minimum Gasteiger partial charge on any atom is -0.355 e. The Morgan fingerprint density at radius 2 is 2.05 bits per heavy atom. The van der Waals surface area contributed by atoms with Crippen LogP contribution in [0.5, 0.6) is 0 Å². The Bertz CT molecular complexity index is 279. The summed E-state index contributed by atoms with van der Waals surface area (Å²) in [6.07, 6.45) is 4.38. The molecule has 0 spiro atoms. The number of piperazine rings is 1. The Hall–Kier alpha value is -0.650. The van der Waals surface area contributed by atoms with Gasteiger partial charge in [0.25, 0.3) is 0 Å². The minimum absolute atomic E-state index is 0.217. The summed E-state index contributed by atoms with van der Waals surface area (Å²) in [5.41, 5.74) is 0. The number of amides is 1. The molecule has 2 rings (SSSR count). The largest absolute Gasteiger partial charge is 0.355 e. The van der Waals surface area contributed by atoms with Crippen LogP contribution in [0.15, 0.2) is 0 Å². The number of nitrogens with zero attached hydrogens (tertiary/aromatic N) is 2. The van der Waals surface area contributed by atoms with Crippen molar-refractivity contribution in [2.24, 2.45) is 0 Å². The number of hydrogen-bond acceptors (Lipinski definition) is 4. The van der Waals surface area contributed by atoms with Crippen LogP contribution >= 0.6 is 0 Å². The molecule has 2 aliphatic heterocycles. The lowest BCUT2D eigenvalue weighted by molar-refractivity contribution is -0.122. The van der Waals surface area contributed by atoms with Crippen LogP contribution in [-0.4, -0.2) is 74.6 Å². The van der Waals surface area contributed by atoms with Crippen molar-refractivity contribution in [2.45, 2.75) is 31.7 Å². The molecule has 5 nitrogen and oxygen atoms in total. The molecule has 0 aliphatic carbocycles. The van der Waals surface area contributed by atoms with Crippen LogP contribution in [0.25, 0.3) is 0 Å². The molecule has 2 N–H and O–H groups in total. The highest BCUT2D eigenvalue weighted by atomic mass is 16.1. The third-order valence-corrected chi connectivity index (χ3v) is 4.30. The number of likely N-dealkylation sites (tertiary alicyclic amines) is 1. The molecule has 1 amide bonds. The predicted molar refractivity (Wildman–Crippen MR) is 77.2 cm³/mol. The lowest BCUT2D eigenvalue weighted by atomic mass is 10.00. The zero-order valence-electron chi connectivity index (χ0n) is 12.2.